The maximum absolute atomic E-state index is 10.7. The largest absolute Gasteiger partial charge is 0.480 e. The molecule has 1 aromatic carbocycles. The molecule has 1 unspecified atom stereocenters. The van der Waals surface area contributed by atoms with Crippen molar-refractivity contribution < 1.29 is 9.90 Å². The minimum Gasteiger partial charge on any atom is -0.480 e. The molecule has 0 spiro atoms. The molecule has 0 amide bonds. The molecule has 0 fully saturated rings. The van der Waals surface area contributed by atoms with E-state index in [1.165, 1.54) is 0 Å². The molecular weight excluding hydrogens is 230 g/mol. The third-order valence-electron chi connectivity index (χ3n) is 2.45. The van der Waals surface area contributed by atoms with Crippen LogP contribution in [0.15, 0.2) is 18.2 Å². The number of fused-ring (bicyclic) bond motifs is 1. The Balaban J connectivity index is 2.60. The maximum atomic E-state index is 10.7. The molecule has 5 nitrogen and oxygen atoms in total. The van der Waals surface area contributed by atoms with Gasteiger partial charge < -0.3 is 10.8 Å². The Kier molecular flexibility index (Phi) is 2.57. The number of aromatic nitrogens is 2. The number of carboxylic acids is 1. The molecule has 16 heavy (non-hydrogen) atoms. The zero-order chi connectivity index (χ0) is 11.9. The lowest BCUT2D eigenvalue weighted by Gasteiger charge is -2.06. The SMILES string of the molecule is Cn1nc(Cl)c2cc(C(N)C(=O)O)ccc21. The second-order valence-electron chi connectivity index (χ2n) is 3.51. The highest BCUT2D eigenvalue weighted by atomic mass is 35.5. The highest BCUT2D eigenvalue weighted by Crippen LogP contribution is 2.25. The van der Waals surface area contributed by atoms with Crippen LogP contribution in [0.4, 0.5) is 0 Å². The summed E-state index contributed by atoms with van der Waals surface area (Å²) in [6.45, 7) is 0. The summed E-state index contributed by atoms with van der Waals surface area (Å²) in [4.78, 5) is 10.7. The van der Waals surface area contributed by atoms with Crippen molar-refractivity contribution in [3.63, 3.8) is 0 Å². The average molecular weight is 240 g/mol. The Morgan fingerprint density at radius 3 is 2.94 bits per heavy atom. The van der Waals surface area contributed by atoms with E-state index in [2.05, 4.69) is 5.10 Å². The molecule has 0 radical (unpaired) electrons. The summed E-state index contributed by atoms with van der Waals surface area (Å²) >= 11 is 5.91. The van der Waals surface area contributed by atoms with E-state index in [9.17, 15) is 4.79 Å². The first-order valence-electron chi connectivity index (χ1n) is 4.61. The first kappa shape index (κ1) is 10.9. The van der Waals surface area contributed by atoms with Gasteiger partial charge in [-0.25, -0.2) is 0 Å². The highest BCUT2D eigenvalue weighted by molar-refractivity contribution is 6.34. The summed E-state index contributed by atoms with van der Waals surface area (Å²) in [6, 6.07) is 4.04. The van der Waals surface area contributed by atoms with Crippen LogP contribution < -0.4 is 5.73 Å². The summed E-state index contributed by atoms with van der Waals surface area (Å²) in [7, 11) is 1.77. The molecule has 1 atom stereocenters. The second kappa shape index (κ2) is 3.77. The number of carbonyl (C=O) groups is 1. The molecule has 3 N–H and O–H groups in total. The van der Waals surface area contributed by atoms with Crippen LogP contribution in [-0.2, 0) is 11.8 Å². The number of benzene rings is 1. The van der Waals surface area contributed by atoms with Crippen LogP contribution in [-0.4, -0.2) is 20.9 Å². The van der Waals surface area contributed by atoms with Crippen LogP contribution in [0.2, 0.25) is 5.15 Å². The maximum Gasteiger partial charge on any atom is 0.325 e. The summed E-state index contributed by atoms with van der Waals surface area (Å²) in [5.41, 5.74) is 6.86. The number of nitrogens with two attached hydrogens (primary N) is 1. The quantitative estimate of drug-likeness (QED) is 0.828. The average Bonchev–Trinajstić information content (AvgIpc) is 2.53. The van der Waals surface area contributed by atoms with Gasteiger partial charge in [-0.05, 0) is 17.7 Å². The van der Waals surface area contributed by atoms with Crippen LogP contribution >= 0.6 is 11.6 Å². The van der Waals surface area contributed by atoms with E-state index in [1.54, 1.807) is 29.9 Å². The van der Waals surface area contributed by atoms with Crippen molar-refractivity contribution in [3.05, 3.63) is 28.9 Å². The third-order valence-corrected chi connectivity index (χ3v) is 2.73. The van der Waals surface area contributed by atoms with Gasteiger partial charge in [0.15, 0.2) is 5.15 Å². The van der Waals surface area contributed by atoms with Crippen LogP contribution in [0.1, 0.15) is 11.6 Å². The predicted molar refractivity (Wildman–Crippen MR) is 60.3 cm³/mol. The number of aryl methyl sites for hydroxylation is 1. The second-order valence-corrected chi connectivity index (χ2v) is 3.86. The summed E-state index contributed by atoms with van der Waals surface area (Å²) in [6.07, 6.45) is 0. The van der Waals surface area contributed by atoms with Crippen molar-refractivity contribution in [3.8, 4) is 0 Å². The lowest BCUT2D eigenvalue weighted by Crippen LogP contribution is -2.20. The van der Waals surface area contributed by atoms with Gasteiger partial charge in [-0.3, -0.25) is 9.48 Å². The van der Waals surface area contributed by atoms with Gasteiger partial charge in [-0.2, -0.15) is 5.10 Å². The molecular formula is C10H10ClN3O2. The number of hydrogen-bond acceptors (Lipinski definition) is 3. The normalized spacial score (nSPS) is 12.9. The molecule has 0 aliphatic rings. The fourth-order valence-electron chi connectivity index (χ4n) is 1.58. The number of halogens is 1. The lowest BCUT2D eigenvalue weighted by molar-refractivity contribution is -0.138. The van der Waals surface area contributed by atoms with Gasteiger partial charge in [-0.1, -0.05) is 17.7 Å². The van der Waals surface area contributed by atoms with Gasteiger partial charge in [0.25, 0.3) is 0 Å². The first-order chi connectivity index (χ1) is 7.50. The summed E-state index contributed by atoms with van der Waals surface area (Å²) in [5, 5.41) is 13.9. The van der Waals surface area contributed by atoms with E-state index in [0.717, 1.165) is 5.52 Å². The van der Waals surface area contributed by atoms with E-state index in [4.69, 9.17) is 22.4 Å². The molecule has 6 heteroatoms. The van der Waals surface area contributed by atoms with E-state index in [1.807, 2.05) is 0 Å². The zero-order valence-electron chi connectivity index (χ0n) is 8.51. The van der Waals surface area contributed by atoms with Crippen LogP contribution in [0.25, 0.3) is 10.9 Å². The van der Waals surface area contributed by atoms with Crippen molar-refractivity contribution in [1.82, 2.24) is 9.78 Å². The van der Waals surface area contributed by atoms with Crippen LogP contribution in [0.3, 0.4) is 0 Å². The van der Waals surface area contributed by atoms with Crippen molar-refractivity contribution in [2.45, 2.75) is 6.04 Å². The van der Waals surface area contributed by atoms with E-state index >= 15 is 0 Å². The minimum atomic E-state index is -1.07. The van der Waals surface area contributed by atoms with Crippen LogP contribution in [0, 0.1) is 0 Å². The summed E-state index contributed by atoms with van der Waals surface area (Å²) in [5.74, 6) is -1.07. The Hall–Kier alpha value is -1.59. The smallest absolute Gasteiger partial charge is 0.325 e. The number of aliphatic carboxylic acids is 1. The van der Waals surface area contributed by atoms with Crippen molar-refractivity contribution in [2.75, 3.05) is 0 Å². The highest BCUT2D eigenvalue weighted by Gasteiger charge is 2.16. The fourth-order valence-corrected chi connectivity index (χ4v) is 1.84. The van der Waals surface area contributed by atoms with Gasteiger partial charge >= 0.3 is 5.97 Å². The molecule has 0 saturated carbocycles. The van der Waals surface area contributed by atoms with Gasteiger partial charge in [-0.15, -0.1) is 0 Å². The minimum absolute atomic E-state index is 0.344. The monoisotopic (exact) mass is 239 g/mol. The Morgan fingerprint density at radius 2 is 2.31 bits per heavy atom. The molecule has 0 saturated heterocycles. The zero-order valence-corrected chi connectivity index (χ0v) is 9.27. The topological polar surface area (TPSA) is 81.1 Å². The van der Waals surface area contributed by atoms with Gasteiger partial charge in [0.1, 0.15) is 6.04 Å². The first-order valence-corrected chi connectivity index (χ1v) is 4.99. The number of rotatable bonds is 2. The molecule has 1 heterocycles. The number of carboxylic acid groups (broad SMARTS) is 1. The summed E-state index contributed by atoms with van der Waals surface area (Å²) < 4.78 is 1.63. The Bertz CT molecular complexity index is 564. The molecule has 2 aromatic rings. The van der Waals surface area contributed by atoms with E-state index < -0.39 is 12.0 Å². The Labute approximate surface area is 96.4 Å². The lowest BCUT2D eigenvalue weighted by atomic mass is 10.1. The van der Waals surface area contributed by atoms with Gasteiger partial charge in [0.2, 0.25) is 0 Å². The molecule has 84 valence electrons. The fraction of sp³-hybridized carbons (Fsp3) is 0.200. The van der Waals surface area contributed by atoms with Gasteiger partial charge in [0, 0.05) is 12.4 Å². The van der Waals surface area contributed by atoms with Crippen molar-refractivity contribution in [2.24, 2.45) is 12.8 Å². The molecule has 0 aliphatic heterocycles. The number of nitrogens with zero attached hydrogens (tertiary/aromatic N) is 2. The Morgan fingerprint density at radius 1 is 1.62 bits per heavy atom. The van der Waals surface area contributed by atoms with Crippen molar-refractivity contribution >= 4 is 28.5 Å². The van der Waals surface area contributed by atoms with Crippen LogP contribution in [0.5, 0.6) is 0 Å². The van der Waals surface area contributed by atoms with Gasteiger partial charge in [0.05, 0.1) is 5.52 Å². The third kappa shape index (κ3) is 1.64. The number of hydrogen-bond donors (Lipinski definition) is 2. The molecule has 2 rings (SSSR count). The molecule has 0 aliphatic carbocycles. The predicted octanol–water partition coefficient (Wildman–Crippen LogP) is 1.31. The van der Waals surface area contributed by atoms with E-state index in [0.29, 0.717) is 16.1 Å². The molecule has 0 bridgehead atoms. The van der Waals surface area contributed by atoms with E-state index in [-0.39, 0.29) is 0 Å². The van der Waals surface area contributed by atoms with Crippen molar-refractivity contribution in [1.29, 1.82) is 0 Å². The standard InChI is InChI=1S/C10H10ClN3O2/c1-14-7-3-2-5(8(12)10(15)16)4-6(7)9(11)13-14/h2-4,8H,12H2,1H3,(H,15,16). The molecule has 1 aromatic heterocycles.